The summed E-state index contributed by atoms with van der Waals surface area (Å²) in [5.41, 5.74) is 2.61. The second-order valence-electron chi connectivity index (χ2n) is 7.58. The molecule has 2 heterocycles. The molecule has 8 nitrogen and oxygen atoms in total. The van der Waals surface area contributed by atoms with Gasteiger partial charge in [0, 0.05) is 17.7 Å². The Morgan fingerprint density at radius 1 is 1.03 bits per heavy atom. The zero-order valence-corrected chi connectivity index (χ0v) is 19.0. The van der Waals surface area contributed by atoms with E-state index in [4.69, 9.17) is 9.47 Å². The Morgan fingerprint density at radius 2 is 1.76 bits per heavy atom. The third-order valence-corrected chi connectivity index (χ3v) is 6.30. The van der Waals surface area contributed by atoms with Crippen LogP contribution in [0.3, 0.4) is 0 Å². The molecular weight excluding hydrogens is 454 g/mol. The molecule has 0 aliphatic carbocycles. The highest BCUT2D eigenvalue weighted by Gasteiger charge is 2.14. The van der Waals surface area contributed by atoms with Gasteiger partial charge >= 0.3 is 0 Å². The predicted octanol–water partition coefficient (Wildman–Crippen LogP) is 4.13. The Balaban J connectivity index is 1.46. The Hall–Kier alpha value is -4.24. The molecule has 2 aromatic heterocycles. The van der Waals surface area contributed by atoms with Gasteiger partial charge in [0.1, 0.15) is 24.7 Å². The van der Waals surface area contributed by atoms with Crippen LogP contribution in [-0.4, -0.2) is 27.5 Å². The van der Waals surface area contributed by atoms with Crippen molar-refractivity contribution in [2.24, 2.45) is 0 Å². The number of imidazole rings is 1. The number of thiazole rings is 1. The van der Waals surface area contributed by atoms with E-state index < -0.39 is 4.92 Å². The largest absolute Gasteiger partial charge is 0.490 e. The first-order valence-electron chi connectivity index (χ1n) is 10.5. The van der Waals surface area contributed by atoms with Crippen molar-refractivity contribution in [3.8, 4) is 11.5 Å². The zero-order valence-electron chi connectivity index (χ0n) is 18.1. The maximum absolute atomic E-state index is 13.1. The highest BCUT2D eigenvalue weighted by molar-refractivity contribution is 7.15. The highest BCUT2D eigenvalue weighted by atomic mass is 32.1. The summed E-state index contributed by atoms with van der Waals surface area (Å²) in [6, 6.07) is 19.4. The molecule has 0 unspecified atom stereocenters. The average Bonchev–Trinajstić information content (AvgIpc) is 3.34. The molecule has 170 valence electrons. The number of nitrogens with zero attached hydrogens (tertiary/aromatic N) is 3. The molecule has 0 spiro atoms. The van der Waals surface area contributed by atoms with Gasteiger partial charge in [-0.1, -0.05) is 41.7 Å². The summed E-state index contributed by atoms with van der Waals surface area (Å²) >= 11 is 1.23. The van der Waals surface area contributed by atoms with Crippen LogP contribution in [0.15, 0.2) is 71.5 Å². The van der Waals surface area contributed by atoms with Crippen molar-refractivity contribution in [2.45, 2.75) is 6.92 Å². The van der Waals surface area contributed by atoms with Crippen molar-refractivity contribution in [2.75, 3.05) is 13.2 Å². The fourth-order valence-corrected chi connectivity index (χ4v) is 4.65. The number of hydrogen-bond donors (Lipinski definition) is 0. The van der Waals surface area contributed by atoms with E-state index in [1.165, 1.54) is 29.5 Å². The van der Waals surface area contributed by atoms with Gasteiger partial charge in [0.15, 0.2) is 4.96 Å². The van der Waals surface area contributed by atoms with Gasteiger partial charge in [-0.05, 0) is 42.8 Å². The summed E-state index contributed by atoms with van der Waals surface area (Å²) in [5.74, 6) is 1.20. The quantitative estimate of drug-likeness (QED) is 0.200. The van der Waals surface area contributed by atoms with Gasteiger partial charge < -0.3 is 9.47 Å². The first-order valence-corrected chi connectivity index (χ1v) is 11.3. The van der Waals surface area contributed by atoms with Crippen LogP contribution in [0.4, 0.5) is 5.69 Å². The summed E-state index contributed by atoms with van der Waals surface area (Å²) in [7, 11) is 0. The molecule has 0 radical (unpaired) electrons. The summed E-state index contributed by atoms with van der Waals surface area (Å²) < 4.78 is 13.6. The molecule has 0 atom stereocenters. The van der Waals surface area contributed by atoms with Gasteiger partial charge in [0.05, 0.1) is 20.5 Å². The zero-order chi connectivity index (χ0) is 23.7. The first kappa shape index (κ1) is 21.6. The number of benzene rings is 3. The third-order valence-electron chi connectivity index (χ3n) is 5.33. The molecule has 0 bridgehead atoms. The minimum Gasteiger partial charge on any atom is -0.490 e. The molecule has 0 saturated heterocycles. The van der Waals surface area contributed by atoms with E-state index in [0.29, 0.717) is 27.4 Å². The number of nitro benzene ring substituents is 1. The van der Waals surface area contributed by atoms with Crippen molar-refractivity contribution in [1.82, 2.24) is 9.38 Å². The maximum atomic E-state index is 13.1. The van der Waals surface area contributed by atoms with Crippen molar-refractivity contribution in [3.05, 3.63) is 103 Å². The Morgan fingerprint density at radius 3 is 2.56 bits per heavy atom. The third kappa shape index (κ3) is 4.08. The molecule has 5 rings (SSSR count). The first-order chi connectivity index (χ1) is 16.5. The van der Waals surface area contributed by atoms with Crippen LogP contribution in [0, 0.1) is 17.0 Å². The molecule has 9 heteroatoms. The lowest BCUT2D eigenvalue weighted by Crippen LogP contribution is -2.22. The average molecular weight is 474 g/mol. The standard InChI is InChI=1S/C25H19N3O5S/c1-16-6-2-5-9-21(16)32-12-13-33-22-11-10-18(28(30)31)14-17(22)15-23-24(29)27-20-8-4-3-7-19(20)26-25(27)34-23/h2-11,14-15H,12-13H2,1H3/b23-15-. The van der Waals surface area contributed by atoms with Gasteiger partial charge in [-0.3, -0.25) is 14.9 Å². The van der Waals surface area contributed by atoms with E-state index in [1.807, 2.05) is 55.5 Å². The number of para-hydroxylation sites is 3. The number of aromatic nitrogens is 2. The molecule has 0 fully saturated rings. The topological polar surface area (TPSA) is 96.0 Å². The number of aryl methyl sites for hydroxylation is 1. The van der Waals surface area contributed by atoms with Gasteiger partial charge in [-0.15, -0.1) is 0 Å². The summed E-state index contributed by atoms with van der Waals surface area (Å²) in [4.78, 5) is 29.0. The molecule has 3 aromatic carbocycles. The van der Waals surface area contributed by atoms with E-state index in [2.05, 4.69) is 4.98 Å². The Bertz CT molecular complexity index is 1640. The molecule has 0 saturated carbocycles. The van der Waals surface area contributed by atoms with Crippen molar-refractivity contribution in [1.29, 1.82) is 0 Å². The number of hydrogen-bond acceptors (Lipinski definition) is 7. The van der Waals surface area contributed by atoms with Crippen LogP contribution in [0.1, 0.15) is 11.1 Å². The molecule has 0 N–H and O–H groups in total. The maximum Gasteiger partial charge on any atom is 0.274 e. The van der Waals surface area contributed by atoms with Crippen LogP contribution < -0.4 is 19.6 Å². The minimum absolute atomic E-state index is 0.0889. The van der Waals surface area contributed by atoms with Gasteiger partial charge in [0.25, 0.3) is 11.2 Å². The molecule has 0 aliphatic rings. The SMILES string of the molecule is Cc1ccccc1OCCOc1ccc([N+](=O)[O-])cc1/C=c1\sc2nc3ccccc3n2c1=O. The van der Waals surface area contributed by atoms with Crippen LogP contribution in [0.25, 0.3) is 22.1 Å². The second-order valence-corrected chi connectivity index (χ2v) is 8.59. The number of nitro groups is 1. The predicted molar refractivity (Wildman–Crippen MR) is 131 cm³/mol. The van der Waals surface area contributed by atoms with Crippen LogP contribution in [-0.2, 0) is 0 Å². The van der Waals surface area contributed by atoms with Crippen LogP contribution in [0.2, 0.25) is 0 Å². The monoisotopic (exact) mass is 473 g/mol. The van der Waals surface area contributed by atoms with E-state index in [0.717, 1.165) is 22.3 Å². The van der Waals surface area contributed by atoms with Gasteiger partial charge in [0.2, 0.25) is 0 Å². The van der Waals surface area contributed by atoms with Crippen LogP contribution >= 0.6 is 11.3 Å². The molecule has 34 heavy (non-hydrogen) atoms. The normalized spacial score (nSPS) is 11.9. The van der Waals surface area contributed by atoms with E-state index in [9.17, 15) is 14.9 Å². The van der Waals surface area contributed by atoms with E-state index in [-0.39, 0.29) is 17.9 Å². The summed E-state index contributed by atoms with van der Waals surface area (Å²) in [6.45, 7) is 2.49. The van der Waals surface area contributed by atoms with Crippen molar-refractivity contribution >= 4 is 39.1 Å². The summed E-state index contributed by atoms with van der Waals surface area (Å²) in [6.07, 6.45) is 1.61. The lowest BCUT2D eigenvalue weighted by atomic mass is 10.1. The minimum atomic E-state index is -0.477. The van der Waals surface area contributed by atoms with E-state index >= 15 is 0 Å². The van der Waals surface area contributed by atoms with Crippen LogP contribution in [0.5, 0.6) is 11.5 Å². The van der Waals surface area contributed by atoms with Crippen molar-refractivity contribution < 1.29 is 14.4 Å². The summed E-state index contributed by atoms with van der Waals surface area (Å²) in [5, 5.41) is 11.3. The Labute approximate surface area is 197 Å². The number of ether oxygens (including phenoxy) is 2. The lowest BCUT2D eigenvalue weighted by Gasteiger charge is -2.11. The lowest BCUT2D eigenvalue weighted by molar-refractivity contribution is -0.384. The van der Waals surface area contributed by atoms with Gasteiger partial charge in [-0.2, -0.15) is 0 Å². The molecule has 0 aliphatic heterocycles. The second kappa shape index (κ2) is 8.95. The molecular formula is C25H19N3O5S. The van der Waals surface area contributed by atoms with Gasteiger partial charge in [-0.25, -0.2) is 9.38 Å². The fraction of sp³-hybridized carbons (Fsp3) is 0.120. The Kier molecular flexibility index (Phi) is 5.69. The molecule has 0 amide bonds. The number of fused-ring (bicyclic) bond motifs is 3. The van der Waals surface area contributed by atoms with Crippen molar-refractivity contribution in [3.63, 3.8) is 0 Å². The fourth-order valence-electron chi connectivity index (χ4n) is 3.67. The van der Waals surface area contributed by atoms with E-state index in [1.54, 1.807) is 10.5 Å². The number of non-ortho nitro benzene ring substituents is 1. The number of rotatable bonds is 7. The molecule has 5 aromatic rings. The smallest absolute Gasteiger partial charge is 0.274 e. The highest BCUT2D eigenvalue weighted by Crippen LogP contribution is 2.25.